The van der Waals surface area contributed by atoms with Gasteiger partial charge in [0.15, 0.2) is 13.1 Å². The maximum Gasteiger partial charge on any atom is 0.359 e. The van der Waals surface area contributed by atoms with Crippen molar-refractivity contribution in [2.45, 2.75) is 90.4 Å². The van der Waals surface area contributed by atoms with Crippen molar-refractivity contribution in [2.75, 3.05) is 26.2 Å². The van der Waals surface area contributed by atoms with E-state index in [2.05, 4.69) is 19.1 Å². The first-order valence-electron chi connectivity index (χ1n) is 11.4. The first-order valence-corrected chi connectivity index (χ1v) is 11.4. The van der Waals surface area contributed by atoms with Gasteiger partial charge in [0.25, 0.3) is 0 Å². The molecule has 0 saturated heterocycles. The molecule has 0 radical (unpaired) electrons. The summed E-state index contributed by atoms with van der Waals surface area (Å²) in [6.45, 7) is 0.655. The Kier molecular flexibility index (Phi) is 16.8. The molecule has 0 heterocycles. The van der Waals surface area contributed by atoms with Crippen molar-refractivity contribution in [3.63, 3.8) is 0 Å². The van der Waals surface area contributed by atoms with Gasteiger partial charge < -0.3 is 24.6 Å². The maximum absolute atomic E-state index is 11.1. The van der Waals surface area contributed by atoms with Crippen molar-refractivity contribution in [3.8, 4) is 0 Å². The minimum atomic E-state index is -1.42. The summed E-state index contributed by atoms with van der Waals surface area (Å²) in [4.78, 5) is 33.3. The Morgan fingerprint density at radius 2 is 1.10 bits per heavy atom. The Balaban J connectivity index is 3.89. The summed E-state index contributed by atoms with van der Waals surface area (Å²) in [5.74, 6) is -3.82. The van der Waals surface area contributed by atoms with E-state index in [1.807, 2.05) is 0 Å². The van der Waals surface area contributed by atoms with Gasteiger partial charge in [-0.25, -0.2) is 9.59 Å². The monoisotopic (exact) mass is 427 g/mol. The van der Waals surface area contributed by atoms with Crippen molar-refractivity contribution in [1.82, 2.24) is 0 Å². The van der Waals surface area contributed by atoms with Crippen LogP contribution in [0.1, 0.15) is 90.4 Å². The van der Waals surface area contributed by atoms with E-state index in [1.165, 1.54) is 57.8 Å². The van der Waals surface area contributed by atoms with Crippen molar-refractivity contribution >= 4 is 17.9 Å². The van der Waals surface area contributed by atoms with Crippen LogP contribution in [0.4, 0.5) is 0 Å². The minimum Gasteiger partial charge on any atom is -0.544 e. The number of allylic oxidation sites excluding steroid dienone is 2. The molecule has 174 valence electrons. The van der Waals surface area contributed by atoms with E-state index in [0.29, 0.717) is 6.42 Å². The fourth-order valence-electron chi connectivity index (χ4n) is 3.90. The summed E-state index contributed by atoms with van der Waals surface area (Å²) >= 11 is 0. The van der Waals surface area contributed by atoms with Crippen molar-refractivity contribution < 1.29 is 34.2 Å². The topological polar surface area (TPSA) is 115 Å². The number of unbranched alkanes of at least 4 members (excludes halogenated alkanes) is 12. The summed E-state index contributed by atoms with van der Waals surface area (Å²) in [6.07, 6.45) is 19.2. The van der Waals surface area contributed by atoms with Gasteiger partial charge in [0.1, 0.15) is 6.54 Å². The van der Waals surface area contributed by atoms with E-state index in [1.54, 1.807) is 0 Å². The summed E-state index contributed by atoms with van der Waals surface area (Å²) < 4.78 is -0.498. The highest BCUT2D eigenvalue weighted by Gasteiger charge is 2.33. The highest BCUT2D eigenvalue weighted by atomic mass is 16.4. The lowest BCUT2D eigenvalue weighted by molar-refractivity contribution is -0.909. The lowest BCUT2D eigenvalue weighted by Gasteiger charge is -2.36. The van der Waals surface area contributed by atoms with E-state index in [0.717, 1.165) is 19.3 Å². The molecule has 0 unspecified atom stereocenters. The number of nitrogens with zero attached hydrogens (tertiary/aromatic N) is 1. The molecule has 0 aliphatic heterocycles. The highest BCUT2D eigenvalue weighted by Crippen LogP contribution is 2.15. The van der Waals surface area contributed by atoms with Gasteiger partial charge in [-0.2, -0.15) is 0 Å². The molecule has 0 bridgehead atoms. The van der Waals surface area contributed by atoms with Gasteiger partial charge in [-0.15, -0.1) is 0 Å². The first kappa shape index (κ1) is 28.1. The highest BCUT2D eigenvalue weighted by molar-refractivity contribution is 5.72. The second kappa shape index (κ2) is 17.9. The van der Waals surface area contributed by atoms with Crippen LogP contribution in [0.5, 0.6) is 0 Å². The molecule has 7 nitrogen and oxygen atoms in total. The molecule has 0 aliphatic rings. The molecule has 0 aromatic heterocycles. The van der Waals surface area contributed by atoms with Crippen LogP contribution in [0.15, 0.2) is 12.2 Å². The predicted octanol–water partition coefficient (Wildman–Crippen LogP) is 3.37. The molecule has 0 fully saturated rings. The van der Waals surface area contributed by atoms with Crippen LogP contribution < -0.4 is 5.11 Å². The number of hydrogen-bond donors (Lipinski definition) is 2. The number of aliphatic carboxylic acids is 3. The van der Waals surface area contributed by atoms with Gasteiger partial charge in [-0.1, -0.05) is 69.9 Å². The molecule has 0 aromatic rings. The van der Waals surface area contributed by atoms with Crippen LogP contribution in [0.2, 0.25) is 0 Å². The number of carbonyl (C=O) groups is 3. The normalized spacial score (nSPS) is 11.8. The van der Waals surface area contributed by atoms with Crippen LogP contribution in [0, 0.1) is 0 Å². The molecule has 30 heavy (non-hydrogen) atoms. The molecule has 0 saturated carbocycles. The minimum absolute atomic E-state index is 0.223. The SMILES string of the molecule is C/C=C/CCCCCCCCCCCCCC[N+](CC(=O)[O-])(CC(=O)O)CC(=O)O. The summed E-state index contributed by atoms with van der Waals surface area (Å²) in [6, 6.07) is 0. The van der Waals surface area contributed by atoms with Gasteiger partial charge in [0.2, 0.25) is 0 Å². The second-order valence-electron chi connectivity index (χ2n) is 8.30. The zero-order valence-corrected chi connectivity index (χ0v) is 18.7. The maximum atomic E-state index is 11.1. The average Bonchev–Trinajstić information content (AvgIpc) is 2.63. The smallest absolute Gasteiger partial charge is 0.359 e. The van der Waals surface area contributed by atoms with Gasteiger partial charge in [0.05, 0.1) is 12.5 Å². The van der Waals surface area contributed by atoms with Crippen LogP contribution in [-0.2, 0) is 14.4 Å². The van der Waals surface area contributed by atoms with E-state index in [9.17, 15) is 19.5 Å². The lowest BCUT2D eigenvalue weighted by atomic mass is 10.0. The molecule has 2 N–H and O–H groups in total. The van der Waals surface area contributed by atoms with Crippen molar-refractivity contribution in [1.29, 1.82) is 0 Å². The number of carbonyl (C=O) groups excluding carboxylic acids is 1. The van der Waals surface area contributed by atoms with Crippen LogP contribution in [-0.4, -0.2) is 58.8 Å². The Morgan fingerprint density at radius 1 is 0.700 bits per heavy atom. The van der Waals surface area contributed by atoms with Gasteiger partial charge in [-0.05, 0) is 32.6 Å². The fraction of sp³-hybridized carbons (Fsp3) is 0.783. The van der Waals surface area contributed by atoms with E-state index in [-0.39, 0.29) is 6.54 Å². The number of carboxylic acids is 3. The molecule has 0 aliphatic carbocycles. The molecule has 0 rings (SSSR count). The summed E-state index contributed by atoms with van der Waals surface area (Å²) in [5, 5.41) is 29.2. The Bertz CT molecular complexity index is 477. The number of quaternary nitrogens is 1. The zero-order chi connectivity index (χ0) is 22.7. The molecule has 7 heteroatoms. The van der Waals surface area contributed by atoms with Gasteiger partial charge >= 0.3 is 11.9 Å². The predicted molar refractivity (Wildman–Crippen MR) is 115 cm³/mol. The van der Waals surface area contributed by atoms with Crippen LogP contribution >= 0.6 is 0 Å². The Morgan fingerprint density at radius 3 is 1.47 bits per heavy atom. The Labute approximate surface area is 181 Å². The van der Waals surface area contributed by atoms with Gasteiger partial charge in [-0.3, -0.25) is 0 Å². The molecular formula is C23H41NO6. The van der Waals surface area contributed by atoms with Crippen molar-refractivity contribution in [2.24, 2.45) is 0 Å². The average molecular weight is 428 g/mol. The molecule has 0 atom stereocenters. The van der Waals surface area contributed by atoms with E-state index < -0.39 is 42.0 Å². The lowest BCUT2D eigenvalue weighted by Crippen LogP contribution is -2.59. The second-order valence-corrected chi connectivity index (χ2v) is 8.30. The van der Waals surface area contributed by atoms with Crippen LogP contribution in [0.3, 0.4) is 0 Å². The third kappa shape index (κ3) is 17.0. The molecule has 0 aromatic carbocycles. The van der Waals surface area contributed by atoms with Crippen molar-refractivity contribution in [3.05, 3.63) is 12.2 Å². The van der Waals surface area contributed by atoms with Crippen LogP contribution in [0.25, 0.3) is 0 Å². The molecule has 0 spiro atoms. The Hall–Kier alpha value is -1.89. The van der Waals surface area contributed by atoms with E-state index >= 15 is 0 Å². The molecular weight excluding hydrogens is 386 g/mol. The third-order valence-corrected chi connectivity index (χ3v) is 5.39. The number of rotatable bonds is 21. The fourth-order valence-corrected chi connectivity index (χ4v) is 3.90. The first-order chi connectivity index (χ1) is 14.3. The third-order valence-electron chi connectivity index (χ3n) is 5.39. The number of carboxylic acid groups (broad SMARTS) is 3. The standard InChI is InChI=1S/C23H41NO6/c1-2-3-4-5-6-7-8-9-10-11-12-13-14-15-16-17-24(18-21(25)26,19-22(27)28)20-23(29)30/h2-3H,4-20H2,1H3,(H2-,25,26,27,28,29,30)/b3-2+. The largest absolute Gasteiger partial charge is 0.544 e. The number of hydrogen-bond acceptors (Lipinski definition) is 4. The molecule has 0 amide bonds. The summed E-state index contributed by atoms with van der Waals surface area (Å²) in [7, 11) is 0. The summed E-state index contributed by atoms with van der Waals surface area (Å²) in [5.41, 5.74) is 0. The van der Waals surface area contributed by atoms with Gasteiger partial charge in [0, 0.05) is 0 Å². The quantitative estimate of drug-likeness (QED) is 0.165. The van der Waals surface area contributed by atoms with E-state index in [4.69, 9.17) is 10.2 Å². The zero-order valence-electron chi connectivity index (χ0n) is 18.7.